The quantitative estimate of drug-likeness (QED) is 0.246. The summed E-state index contributed by atoms with van der Waals surface area (Å²) < 4.78 is 73.0. The molecule has 3 heterocycles. The molecule has 0 spiro atoms. The van der Waals surface area contributed by atoms with Crippen LogP contribution in [-0.4, -0.2) is 69.5 Å². The number of piperidine rings is 1. The Bertz CT molecular complexity index is 1680. The molecular formula is C30H32F4N6O4. The molecule has 1 atom stereocenters. The number of imidazole rings is 1. The van der Waals surface area contributed by atoms with Gasteiger partial charge < -0.3 is 24.4 Å². The highest BCUT2D eigenvalue weighted by Gasteiger charge is 2.35. The van der Waals surface area contributed by atoms with Gasteiger partial charge in [0.25, 0.3) is 0 Å². The third kappa shape index (κ3) is 6.48. The molecule has 0 saturated carbocycles. The Labute approximate surface area is 251 Å². The maximum Gasteiger partial charge on any atom is 0.419 e. The summed E-state index contributed by atoms with van der Waals surface area (Å²) in [5, 5.41) is 3.27. The number of amides is 1. The summed E-state index contributed by atoms with van der Waals surface area (Å²) in [6.07, 6.45) is -2.33. The van der Waals surface area contributed by atoms with E-state index >= 15 is 0 Å². The van der Waals surface area contributed by atoms with Crippen LogP contribution in [0.25, 0.3) is 28.2 Å². The van der Waals surface area contributed by atoms with Crippen LogP contribution in [0.1, 0.15) is 39.2 Å². The predicted octanol–water partition coefficient (Wildman–Crippen LogP) is 6.47. The Kier molecular flexibility index (Phi) is 8.28. The maximum absolute atomic E-state index is 14.2. The van der Waals surface area contributed by atoms with Crippen LogP contribution in [0.3, 0.4) is 0 Å². The Morgan fingerprint density at radius 3 is 2.43 bits per heavy atom. The Morgan fingerprint density at radius 2 is 1.75 bits per heavy atom. The molecule has 44 heavy (non-hydrogen) atoms. The fourth-order valence-electron chi connectivity index (χ4n) is 5.02. The average Bonchev–Trinajstić information content (AvgIpc) is 3.33. The molecule has 1 aliphatic heterocycles. The van der Waals surface area contributed by atoms with Gasteiger partial charge in [0.1, 0.15) is 23.1 Å². The van der Waals surface area contributed by atoms with Gasteiger partial charge in [-0.15, -0.1) is 0 Å². The minimum Gasteiger partial charge on any atom is -0.493 e. The molecule has 10 nitrogen and oxygen atoms in total. The number of hydrogen-bond donors (Lipinski definition) is 1. The van der Waals surface area contributed by atoms with E-state index in [0.717, 1.165) is 25.0 Å². The Hall–Kier alpha value is -4.62. The molecule has 1 N–H and O–H groups in total. The number of aromatic nitrogens is 4. The van der Waals surface area contributed by atoms with E-state index in [0.29, 0.717) is 35.6 Å². The number of rotatable bonds is 6. The van der Waals surface area contributed by atoms with Gasteiger partial charge in [-0.3, -0.25) is 4.57 Å². The molecule has 0 aliphatic carbocycles. The van der Waals surface area contributed by atoms with Crippen molar-refractivity contribution < 1.29 is 36.6 Å². The second kappa shape index (κ2) is 11.8. The number of likely N-dealkylation sites (tertiary alicyclic amines) is 1. The van der Waals surface area contributed by atoms with Crippen LogP contribution in [0.2, 0.25) is 0 Å². The van der Waals surface area contributed by atoms with Crippen molar-refractivity contribution in [3.63, 3.8) is 0 Å². The number of methoxy groups -OCH3 is 2. The molecule has 4 aromatic rings. The molecule has 1 amide bonds. The van der Waals surface area contributed by atoms with Crippen LogP contribution in [0.15, 0.2) is 42.6 Å². The molecule has 1 unspecified atom stereocenters. The van der Waals surface area contributed by atoms with Gasteiger partial charge in [-0.2, -0.15) is 18.2 Å². The number of benzene rings is 2. The lowest BCUT2D eigenvalue weighted by Crippen LogP contribution is -2.47. The minimum atomic E-state index is -4.91. The Morgan fingerprint density at radius 1 is 1.02 bits per heavy atom. The lowest BCUT2D eigenvalue weighted by Gasteiger charge is -2.34. The first-order valence-electron chi connectivity index (χ1n) is 13.9. The van der Waals surface area contributed by atoms with E-state index in [1.165, 1.54) is 26.5 Å². The van der Waals surface area contributed by atoms with E-state index < -0.39 is 29.3 Å². The zero-order chi connectivity index (χ0) is 31.8. The summed E-state index contributed by atoms with van der Waals surface area (Å²) in [5.74, 6) is -0.0671. The van der Waals surface area contributed by atoms with Crippen LogP contribution in [0, 0.1) is 5.82 Å². The first-order valence-corrected chi connectivity index (χ1v) is 13.9. The van der Waals surface area contributed by atoms with E-state index in [-0.39, 0.29) is 29.2 Å². The molecule has 0 radical (unpaired) electrons. The number of nitrogens with one attached hydrogen (secondary N) is 1. The average molecular weight is 617 g/mol. The summed E-state index contributed by atoms with van der Waals surface area (Å²) in [6, 6.07) is 7.33. The molecule has 1 saturated heterocycles. The molecule has 0 bridgehead atoms. The third-order valence-corrected chi connectivity index (χ3v) is 6.97. The SMILES string of the molecule is COc1cc2nc(-c3ccc(F)c(C(F)(F)F)c3)n(-c3ccnc(NC4CCCN(C(=O)OC(C)(C)C)C4)n3)c2cc1OC. The smallest absolute Gasteiger partial charge is 0.419 e. The van der Waals surface area contributed by atoms with Crippen molar-refractivity contribution in [3.8, 4) is 28.7 Å². The van der Waals surface area contributed by atoms with Crippen molar-refractivity contribution in [3.05, 3.63) is 54.0 Å². The van der Waals surface area contributed by atoms with Crippen LogP contribution in [0.4, 0.5) is 28.3 Å². The maximum atomic E-state index is 14.2. The van der Waals surface area contributed by atoms with Gasteiger partial charge in [-0.05, 0) is 57.9 Å². The number of hydrogen-bond acceptors (Lipinski definition) is 8. The molecule has 2 aromatic heterocycles. The predicted molar refractivity (Wildman–Crippen MR) is 155 cm³/mol. The normalized spacial score (nSPS) is 15.8. The molecule has 2 aromatic carbocycles. The summed E-state index contributed by atoms with van der Waals surface area (Å²) in [4.78, 5) is 27.9. The number of ether oxygens (including phenoxy) is 3. The van der Waals surface area contributed by atoms with Gasteiger partial charge in [0.05, 0.1) is 30.8 Å². The van der Waals surface area contributed by atoms with Crippen LogP contribution in [0.5, 0.6) is 11.5 Å². The molecule has 1 aliphatic rings. The largest absolute Gasteiger partial charge is 0.493 e. The van der Waals surface area contributed by atoms with Gasteiger partial charge in [0.15, 0.2) is 11.5 Å². The summed E-state index contributed by atoms with van der Waals surface area (Å²) in [6.45, 7) is 6.34. The fraction of sp³-hybridized carbons (Fsp3) is 0.400. The fourth-order valence-corrected chi connectivity index (χ4v) is 5.02. The lowest BCUT2D eigenvalue weighted by atomic mass is 10.1. The third-order valence-electron chi connectivity index (χ3n) is 6.97. The highest BCUT2D eigenvalue weighted by molar-refractivity contribution is 5.86. The summed E-state index contributed by atoms with van der Waals surface area (Å²) in [5.41, 5.74) is -1.20. The number of nitrogens with zero attached hydrogens (tertiary/aromatic N) is 5. The van der Waals surface area contributed by atoms with Gasteiger partial charge in [-0.25, -0.2) is 19.2 Å². The van der Waals surface area contributed by atoms with E-state index in [4.69, 9.17) is 14.2 Å². The molecule has 1 fully saturated rings. The molecular weight excluding hydrogens is 584 g/mol. The van der Waals surface area contributed by atoms with Crippen molar-refractivity contribution in [2.45, 2.75) is 51.4 Å². The van der Waals surface area contributed by atoms with E-state index in [9.17, 15) is 22.4 Å². The van der Waals surface area contributed by atoms with Gasteiger partial charge in [0.2, 0.25) is 5.95 Å². The van der Waals surface area contributed by atoms with E-state index in [2.05, 4.69) is 20.3 Å². The van der Waals surface area contributed by atoms with Gasteiger partial charge in [-0.1, -0.05) is 0 Å². The number of anilines is 1. The van der Waals surface area contributed by atoms with Crippen LogP contribution >= 0.6 is 0 Å². The topological polar surface area (TPSA) is 104 Å². The number of halogens is 4. The van der Waals surface area contributed by atoms with Crippen molar-refractivity contribution in [1.82, 2.24) is 24.4 Å². The Balaban J connectivity index is 1.56. The number of carbonyl (C=O) groups is 1. The highest BCUT2D eigenvalue weighted by atomic mass is 19.4. The summed E-state index contributed by atoms with van der Waals surface area (Å²) >= 11 is 0. The summed E-state index contributed by atoms with van der Waals surface area (Å²) in [7, 11) is 2.91. The lowest BCUT2D eigenvalue weighted by molar-refractivity contribution is -0.139. The van der Waals surface area contributed by atoms with Crippen molar-refractivity contribution in [2.24, 2.45) is 0 Å². The number of alkyl halides is 3. The van der Waals surface area contributed by atoms with E-state index in [1.807, 2.05) is 0 Å². The van der Waals surface area contributed by atoms with Crippen LogP contribution < -0.4 is 14.8 Å². The van der Waals surface area contributed by atoms with Crippen molar-refractivity contribution >= 4 is 23.1 Å². The standard InChI is InChI=1S/C30H32F4N6O4/c1-29(2,3)44-28(41)39-12-6-7-18(16-39)36-27-35-11-10-25(38-27)40-22-15-24(43-5)23(42-4)14-21(22)37-26(40)17-8-9-20(31)19(13-17)30(32,33)34/h8-11,13-15,18H,6-7,12,16H2,1-5H3,(H,35,36,38). The second-order valence-corrected chi connectivity index (χ2v) is 11.3. The number of carbonyl (C=O) groups excluding carboxylic acids is 1. The molecule has 5 rings (SSSR count). The first kappa shape index (κ1) is 30.8. The van der Waals surface area contributed by atoms with Gasteiger partial charge >= 0.3 is 12.3 Å². The van der Waals surface area contributed by atoms with Crippen LogP contribution in [-0.2, 0) is 10.9 Å². The van der Waals surface area contributed by atoms with E-state index in [1.54, 1.807) is 48.4 Å². The zero-order valence-corrected chi connectivity index (χ0v) is 24.8. The second-order valence-electron chi connectivity index (χ2n) is 11.3. The molecule has 14 heteroatoms. The van der Waals surface area contributed by atoms with Crippen molar-refractivity contribution in [2.75, 3.05) is 32.6 Å². The van der Waals surface area contributed by atoms with Crippen molar-refractivity contribution in [1.29, 1.82) is 0 Å². The number of fused-ring (bicyclic) bond motifs is 1. The minimum absolute atomic E-state index is 0.0151. The zero-order valence-electron chi connectivity index (χ0n) is 24.8. The monoisotopic (exact) mass is 616 g/mol. The van der Waals surface area contributed by atoms with Gasteiger partial charge in [0, 0.05) is 43.0 Å². The first-order chi connectivity index (χ1) is 20.8. The molecule has 234 valence electrons. The highest BCUT2D eigenvalue weighted by Crippen LogP contribution is 2.38.